The number of piperidine rings is 3. The molecule has 17 heteroatoms. The molecule has 0 unspecified atom stereocenters. The molecule has 8 N–H and O–H groups in total. The molecule has 1 aromatic heterocycles. The first kappa shape index (κ1) is 27.9. The van der Waals surface area contributed by atoms with E-state index in [0.717, 1.165) is 31.0 Å². The molecule has 2 atom stereocenters. The van der Waals surface area contributed by atoms with Gasteiger partial charge in [-0.05, 0) is 0 Å². The van der Waals surface area contributed by atoms with Gasteiger partial charge < -0.3 is 36.9 Å². The molecular formula is C23H29N8O7S2+. The molecule has 4 amide bonds. The molecule has 0 aromatic carbocycles. The van der Waals surface area contributed by atoms with Gasteiger partial charge in [0.25, 0.3) is 17.7 Å². The predicted octanol–water partition coefficient (Wildman–Crippen LogP) is -1.84. The first-order valence-electron chi connectivity index (χ1n) is 12.5. The van der Waals surface area contributed by atoms with E-state index in [0.29, 0.717) is 41.6 Å². The smallest absolute Gasteiger partial charge is 0.352 e. The Morgan fingerprint density at radius 1 is 1.23 bits per heavy atom. The van der Waals surface area contributed by atoms with Crippen molar-refractivity contribution in [3.05, 3.63) is 22.3 Å². The molecule has 2 bridgehead atoms. The monoisotopic (exact) mass is 593 g/mol. The van der Waals surface area contributed by atoms with Crippen LogP contribution in [0.3, 0.4) is 0 Å². The van der Waals surface area contributed by atoms with E-state index in [2.05, 4.69) is 15.5 Å². The summed E-state index contributed by atoms with van der Waals surface area (Å²) in [6.07, 6.45) is 2.01. The molecule has 15 nitrogen and oxygen atoms in total. The molecule has 1 aromatic rings. The highest BCUT2D eigenvalue weighted by atomic mass is 32.2. The number of nitrogens with one attached hydrogen (secondary N) is 1. The molecular weight excluding hydrogens is 564 g/mol. The summed E-state index contributed by atoms with van der Waals surface area (Å²) in [5.41, 5.74) is 16.3. The van der Waals surface area contributed by atoms with Crippen molar-refractivity contribution >= 4 is 63.5 Å². The van der Waals surface area contributed by atoms with Crippen LogP contribution < -0.4 is 22.5 Å². The van der Waals surface area contributed by atoms with Crippen molar-refractivity contribution in [2.24, 2.45) is 22.0 Å². The number of nitrogen functional groups attached to an aromatic ring is 1. The summed E-state index contributed by atoms with van der Waals surface area (Å²) in [5.74, 6) is -3.29. The highest BCUT2D eigenvalue weighted by Gasteiger charge is 2.57. The summed E-state index contributed by atoms with van der Waals surface area (Å²) in [4.78, 5) is 71.8. The van der Waals surface area contributed by atoms with E-state index < -0.39 is 47.1 Å². The predicted molar refractivity (Wildman–Crippen MR) is 143 cm³/mol. The number of carboxylic acid groups (broad SMARTS) is 1. The van der Waals surface area contributed by atoms with Crippen LogP contribution >= 0.6 is 23.1 Å². The minimum atomic E-state index is -1.21. The Balaban J connectivity index is 1.31. The molecule has 4 saturated heterocycles. The SMILES string of the molecule is NC(=O)CON=C(C(=O)N[C@@H]1C(=O)N2C(C(=O)O)=C(C[N+]34CCC(C(N)=O)(CC3)CC4)CS[C@@H]12)c1csc(N)n1. The number of carbonyl (C=O) groups excluding carboxylic acids is 4. The number of aliphatic carboxylic acids is 1. The van der Waals surface area contributed by atoms with Crippen molar-refractivity contribution in [2.75, 3.05) is 44.3 Å². The lowest BCUT2D eigenvalue weighted by Crippen LogP contribution is -2.71. The normalized spacial score (nSPS) is 29.4. The number of primary amides is 2. The van der Waals surface area contributed by atoms with Crippen LogP contribution in [0.5, 0.6) is 0 Å². The molecule has 0 radical (unpaired) electrons. The van der Waals surface area contributed by atoms with Crippen LogP contribution in [0, 0.1) is 5.41 Å². The number of fused-ring (bicyclic) bond motifs is 4. The van der Waals surface area contributed by atoms with Crippen molar-refractivity contribution in [3.8, 4) is 0 Å². The molecule has 0 aliphatic carbocycles. The fourth-order valence-corrected chi connectivity index (χ4v) is 7.73. The largest absolute Gasteiger partial charge is 0.477 e. The maximum atomic E-state index is 13.2. The van der Waals surface area contributed by atoms with E-state index in [4.69, 9.17) is 22.0 Å². The third-order valence-corrected chi connectivity index (χ3v) is 10.1. The number of amides is 4. The fourth-order valence-electron chi connectivity index (χ4n) is 5.85. The Kier molecular flexibility index (Phi) is 7.22. The molecule has 40 heavy (non-hydrogen) atoms. The zero-order valence-electron chi connectivity index (χ0n) is 21.3. The molecule has 6 rings (SSSR count). The number of hydrogen-bond donors (Lipinski definition) is 5. The van der Waals surface area contributed by atoms with Crippen LogP contribution in [-0.4, -0.2) is 105 Å². The number of rotatable bonds is 10. The van der Waals surface area contributed by atoms with Gasteiger partial charge in [-0.3, -0.25) is 24.1 Å². The van der Waals surface area contributed by atoms with Gasteiger partial charge in [0.2, 0.25) is 5.91 Å². The number of anilines is 1. The Bertz CT molecular complexity index is 1330. The van der Waals surface area contributed by atoms with E-state index >= 15 is 0 Å². The second-order valence-corrected chi connectivity index (χ2v) is 12.4. The maximum absolute atomic E-state index is 13.2. The highest BCUT2D eigenvalue weighted by Crippen LogP contribution is 2.46. The van der Waals surface area contributed by atoms with Crippen molar-refractivity contribution in [1.82, 2.24) is 15.2 Å². The number of nitrogens with zero attached hydrogens (tertiary/aromatic N) is 4. The average molecular weight is 594 g/mol. The molecule has 0 spiro atoms. The van der Waals surface area contributed by atoms with Crippen molar-refractivity contribution in [2.45, 2.75) is 30.7 Å². The number of oxime groups is 1. The number of nitrogens with two attached hydrogens (primary N) is 3. The third kappa shape index (κ3) is 4.88. The second kappa shape index (κ2) is 10.4. The summed E-state index contributed by atoms with van der Waals surface area (Å²) in [6.45, 7) is 2.06. The maximum Gasteiger partial charge on any atom is 0.352 e. The molecule has 4 fully saturated rings. The van der Waals surface area contributed by atoms with Gasteiger partial charge in [-0.15, -0.1) is 23.1 Å². The quantitative estimate of drug-likeness (QED) is 0.0879. The first-order valence-corrected chi connectivity index (χ1v) is 14.4. The van der Waals surface area contributed by atoms with Gasteiger partial charge in [0.15, 0.2) is 17.5 Å². The fraction of sp³-hybridized carbons (Fsp3) is 0.522. The Morgan fingerprint density at radius 3 is 2.45 bits per heavy atom. The van der Waals surface area contributed by atoms with Crippen LogP contribution in [0.15, 0.2) is 21.8 Å². The average Bonchev–Trinajstić information content (AvgIpc) is 3.35. The van der Waals surface area contributed by atoms with Crippen LogP contribution in [0.25, 0.3) is 0 Å². The lowest BCUT2D eigenvalue weighted by Gasteiger charge is -2.55. The van der Waals surface area contributed by atoms with E-state index in [9.17, 15) is 29.1 Å². The van der Waals surface area contributed by atoms with Crippen LogP contribution in [-0.2, 0) is 28.8 Å². The van der Waals surface area contributed by atoms with E-state index in [1.807, 2.05) is 0 Å². The minimum Gasteiger partial charge on any atom is -0.477 e. The standard InChI is InChI=1S/C23H28N8O7S2/c24-13(32)8-38-29-14(12-10-40-22(26)27-12)17(33)28-15-18(34)30-16(20(35)36)11(9-39-19(15)30)7-31-4-1-23(2-5-31,3-6-31)21(25)37/h10,15,19H,1-9H2,(H7-,24,25,26,27,28,32,33,35,36,37)/p+1/t15-,19+,23?,31?/m1/s1. The number of aromatic nitrogens is 1. The number of quaternary nitrogens is 1. The molecule has 6 heterocycles. The molecule has 5 aliphatic heterocycles. The lowest BCUT2D eigenvalue weighted by atomic mass is 9.70. The van der Waals surface area contributed by atoms with Gasteiger partial charge in [-0.2, -0.15) is 0 Å². The molecule has 214 valence electrons. The van der Waals surface area contributed by atoms with Crippen LogP contribution in [0.1, 0.15) is 25.0 Å². The third-order valence-electron chi connectivity index (χ3n) is 8.12. The van der Waals surface area contributed by atoms with Gasteiger partial charge in [0.1, 0.15) is 29.4 Å². The minimum absolute atomic E-state index is 0.0602. The highest BCUT2D eigenvalue weighted by molar-refractivity contribution is 8.00. The summed E-state index contributed by atoms with van der Waals surface area (Å²) in [5, 5.41) is 17.4. The Morgan fingerprint density at radius 2 is 1.90 bits per heavy atom. The first-order chi connectivity index (χ1) is 19.0. The topological polar surface area (TPSA) is 233 Å². The van der Waals surface area contributed by atoms with E-state index in [1.165, 1.54) is 22.0 Å². The molecule has 5 aliphatic rings. The molecule has 0 saturated carbocycles. The van der Waals surface area contributed by atoms with Gasteiger partial charge in [-0.1, -0.05) is 5.16 Å². The van der Waals surface area contributed by atoms with Gasteiger partial charge in [0.05, 0.1) is 25.0 Å². The summed E-state index contributed by atoms with van der Waals surface area (Å²) in [7, 11) is 0. The van der Waals surface area contributed by atoms with Crippen molar-refractivity contribution in [1.29, 1.82) is 0 Å². The number of carbonyl (C=O) groups is 5. The number of thiazole rings is 1. The van der Waals surface area contributed by atoms with Crippen LogP contribution in [0.4, 0.5) is 5.13 Å². The number of hydrogen-bond acceptors (Lipinski definition) is 11. The summed E-state index contributed by atoms with van der Waals surface area (Å²) in [6, 6.07) is -1.01. The van der Waals surface area contributed by atoms with E-state index in [-0.39, 0.29) is 28.1 Å². The zero-order chi connectivity index (χ0) is 28.8. The summed E-state index contributed by atoms with van der Waals surface area (Å²) >= 11 is 2.42. The van der Waals surface area contributed by atoms with Gasteiger partial charge in [-0.25, -0.2) is 9.78 Å². The lowest BCUT2D eigenvalue weighted by molar-refractivity contribution is -0.940. The second-order valence-electron chi connectivity index (χ2n) is 10.4. The number of thioether (sulfide) groups is 1. The zero-order valence-corrected chi connectivity index (χ0v) is 23.0. The van der Waals surface area contributed by atoms with Crippen molar-refractivity contribution in [3.63, 3.8) is 0 Å². The number of carboxylic acids is 1. The summed E-state index contributed by atoms with van der Waals surface area (Å²) < 4.78 is 0.663. The van der Waals surface area contributed by atoms with Gasteiger partial charge in [0, 0.05) is 36.0 Å². The van der Waals surface area contributed by atoms with Gasteiger partial charge >= 0.3 is 5.97 Å². The Labute approximate surface area is 236 Å². The van der Waals surface area contributed by atoms with E-state index in [1.54, 1.807) is 0 Å². The van der Waals surface area contributed by atoms with Crippen LogP contribution in [0.2, 0.25) is 0 Å². The Hall–Kier alpha value is -3.70. The van der Waals surface area contributed by atoms with Crippen molar-refractivity contribution < 1.29 is 38.4 Å². The number of β-lactam (4-membered cyclic amide) rings is 1.